The SMILES string of the molecule is CN(C)CCCNC(=O)C1C2CC(OC(=O)c3cnc4ccccc4n3)C(C2)C1C(=O)NC(=O)C1C2CC(CC2OC(=O)c2cnc3ccccc3n2)C1C(=O)NCCCN(C)C.Cl. The maximum Gasteiger partial charge on any atom is 0.358 e. The summed E-state index contributed by atoms with van der Waals surface area (Å²) in [7, 11) is 7.78. The Morgan fingerprint density at radius 2 is 0.953 bits per heavy atom. The normalized spacial score (nSPS) is 26.5. The lowest BCUT2D eigenvalue weighted by atomic mass is 9.75. The molecule has 10 unspecified atom stereocenters. The Morgan fingerprint density at radius 1 is 0.562 bits per heavy atom. The zero-order valence-electron chi connectivity index (χ0n) is 36.5. The van der Waals surface area contributed by atoms with Crippen LogP contribution in [-0.4, -0.2) is 132 Å². The monoisotopic (exact) mass is 897 g/mol. The van der Waals surface area contributed by atoms with E-state index in [0.717, 1.165) is 13.1 Å². The van der Waals surface area contributed by atoms with E-state index in [1.165, 1.54) is 12.4 Å². The first-order valence-electron chi connectivity index (χ1n) is 21.9. The van der Waals surface area contributed by atoms with Gasteiger partial charge in [-0.3, -0.25) is 34.5 Å². The molecule has 8 rings (SSSR count). The van der Waals surface area contributed by atoms with Crippen LogP contribution in [-0.2, 0) is 28.7 Å². The molecule has 4 amide bonds. The van der Waals surface area contributed by atoms with Gasteiger partial charge >= 0.3 is 11.9 Å². The van der Waals surface area contributed by atoms with E-state index < -0.39 is 71.5 Å². The average molecular weight is 898 g/mol. The second-order valence-electron chi connectivity index (χ2n) is 18.0. The van der Waals surface area contributed by atoms with Gasteiger partial charge < -0.3 is 29.9 Å². The molecule has 0 aliphatic heterocycles. The largest absolute Gasteiger partial charge is 0.457 e. The Kier molecular flexibility index (Phi) is 14.5. The number of nitrogens with zero attached hydrogens (tertiary/aromatic N) is 6. The number of hydrogen-bond donors (Lipinski definition) is 3. The van der Waals surface area contributed by atoms with Gasteiger partial charge in [-0.2, -0.15) is 0 Å². The Morgan fingerprint density at radius 3 is 1.34 bits per heavy atom. The number of ether oxygens (including phenoxy) is 2. The van der Waals surface area contributed by atoms with Crippen molar-refractivity contribution in [3.8, 4) is 0 Å². The first-order valence-corrected chi connectivity index (χ1v) is 21.9. The lowest BCUT2D eigenvalue weighted by Gasteiger charge is -2.36. The molecular weight excluding hydrogens is 842 g/mol. The van der Waals surface area contributed by atoms with Crippen molar-refractivity contribution in [1.29, 1.82) is 0 Å². The fourth-order valence-corrected chi connectivity index (χ4v) is 10.6. The maximum atomic E-state index is 14.6. The number of hydrogen-bond acceptors (Lipinski definition) is 14. The van der Waals surface area contributed by atoms with Crippen molar-refractivity contribution < 1.29 is 38.2 Å². The van der Waals surface area contributed by atoms with Gasteiger partial charge in [-0.05, 0) is 116 Å². The molecule has 4 aliphatic rings. The summed E-state index contributed by atoms with van der Waals surface area (Å²) in [6.07, 6.45) is 4.27. The predicted molar refractivity (Wildman–Crippen MR) is 237 cm³/mol. The van der Waals surface area contributed by atoms with Crippen molar-refractivity contribution in [1.82, 2.24) is 45.7 Å². The minimum atomic E-state index is -1.00. The first-order chi connectivity index (χ1) is 30.4. The maximum absolute atomic E-state index is 14.6. The number of rotatable bonds is 16. The van der Waals surface area contributed by atoms with Gasteiger partial charge in [0.05, 0.1) is 58.1 Å². The summed E-state index contributed by atoms with van der Waals surface area (Å²) in [5.74, 6) is -8.56. The van der Waals surface area contributed by atoms with Crippen LogP contribution in [0.5, 0.6) is 0 Å². The lowest BCUT2D eigenvalue weighted by Crippen LogP contribution is -2.53. The molecule has 4 saturated carbocycles. The summed E-state index contributed by atoms with van der Waals surface area (Å²) in [5.41, 5.74) is 2.35. The van der Waals surface area contributed by atoms with Gasteiger partial charge in [-0.25, -0.2) is 19.6 Å². The smallest absolute Gasteiger partial charge is 0.358 e. The van der Waals surface area contributed by atoms with E-state index in [-0.39, 0.29) is 47.4 Å². The topological polar surface area (TPSA) is 215 Å². The van der Waals surface area contributed by atoms with E-state index >= 15 is 0 Å². The fourth-order valence-electron chi connectivity index (χ4n) is 10.6. The molecule has 10 atom stereocenters. The van der Waals surface area contributed by atoms with Crippen LogP contribution < -0.4 is 16.0 Å². The third kappa shape index (κ3) is 9.86. The van der Waals surface area contributed by atoms with E-state index in [9.17, 15) is 28.8 Å². The first kappa shape index (κ1) is 46.3. The molecule has 17 nitrogen and oxygen atoms in total. The molecule has 3 N–H and O–H groups in total. The molecule has 4 aromatic rings. The number of carbonyl (C=O) groups is 6. The third-order valence-corrected chi connectivity index (χ3v) is 13.3. The highest BCUT2D eigenvalue weighted by atomic mass is 35.5. The quantitative estimate of drug-likeness (QED) is 0.0838. The molecule has 2 heterocycles. The van der Waals surface area contributed by atoms with Crippen LogP contribution in [0.1, 0.15) is 59.5 Å². The molecular formula is C46H56ClN9O8. The van der Waals surface area contributed by atoms with E-state index in [4.69, 9.17) is 9.47 Å². The van der Waals surface area contributed by atoms with Crippen LogP contribution in [0.25, 0.3) is 22.1 Å². The number of carbonyl (C=O) groups excluding carboxylic acids is 6. The second kappa shape index (κ2) is 20.0. The van der Waals surface area contributed by atoms with E-state index in [1.807, 2.05) is 50.1 Å². The Balaban J connectivity index is 0.00000612. The van der Waals surface area contributed by atoms with Crippen molar-refractivity contribution >= 4 is 70.0 Å². The molecule has 4 fully saturated rings. The van der Waals surface area contributed by atoms with Crippen LogP contribution in [0.2, 0.25) is 0 Å². The minimum Gasteiger partial charge on any atom is -0.457 e. The number of esters is 2. The molecule has 0 radical (unpaired) electrons. The number of nitrogens with one attached hydrogen (secondary N) is 3. The molecule has 4 aliphatic carbocycles. The summed E-state index contributed by atoms with van der Waals surface area (Å²) in [5, 5.41) is 8.66. The van der Waals surface area contributed by atoms with Gasteiger partial charge in [-0.1, -0.05) is 24.3 Å². The van der Waals surface area contributed by atoms with Crippen LogP contribution >= 0.6 is 12.4 Å². The molecule has 64 heavy (non-hydrogen) atoms. The van der Waals surface area contributed by atoms with Crippen LogP contribution in [0.4, 0.5) is 0 Å². The molecule has 0 saturated heterocycles. The third-order valence-electron chi connectivity index (χ3n) is 13.3. The highest BCUT2D eigenvalue weighted by Crippen LogP contribution is 2.55. The van der Waals surface area contributed by atoms with Gasteiger partial charge in [0, 0.05) is 24.9 Å². The van der Waals surface area contributed by atoms with Gasteiger partial charge in [0.1, 0.15) is 12.2 Å². The van der Waals surface area contributed by atoms with E-state index in [2.05, 4.69) is 35.9 Å². The van der Waals surface area contributed by atoms with Crippen molar-refractivity contribution in [3.05, 3.63) is 72.3 Å². The van der Waals surface area contributed by atoms with Crippen LogP contribution in [0.15, 0.2) is 60.9 Å². The predicted octanol–water partition coefficient (Wildman–Crippen LogP) is 3.07. The minimum absolute atomic E-state index is 0. The Hall–Kier alpha value is -5.65. The fraction of sp³-hybridized carbons (Fsp3) is 0.522. The van der Waals surface area contributed by atoms with Gasteiger partial charge in [0.25, 0.3) is 0 Å². The number of imide groups is 1. The number of fused-ring (bicyclic) bond motifs is 6. The Bertz CT molecular complexity index is 2240. The summed E-state index contributed by atoms with van der Waals surface area (Å²) in [6.45, 7) is 2.31. The van der Waals surface area contributed by atoms with Crippen LogP contribution in [0, 0.1) is 47.3 Å². The van der Waals surface area contributed by atoms with Crippen molar-refractivity contribution in [3.63, 3.8) is 0 Å². The number of para-hydroxylation sites is 4. The molecule has 340 valence electrons. The Labute approximate surface area is 377 Å². The average Bonchev–Trinajstić information content (AvgIpc) is 4.06. The molecule has 4 bridgehead atoms. The number of aromatic nitrogens is 4. The molecule has 2 aromatic carbocycles. The zero-order chi connectivity index (χ0) is 44.4. The highest BCUT2D eigenvalue weighted by molar-refractivity contribution is 6.02. The van der Waals surface area contributed by atoms with Crippen molar-refractivity contribution in [2.45, 2.75) is 50.7 Å². The summed E-state index contributed by atoms with van der Waals surface area (Å²) in [4.78, 5) is 106. The summed E-state index contributed by atoms with van der Waals surface area (Å²) < 4.78 is 12.0. The standard InChI is InChI=1S/C46H55N9O8.ClH/c1-54(2)17-9-15-47-41(56)37-25-19-27(35(21-25)62-45(60)33-23-49-29-11-5-7-13-31(29)51-33)39(37)43(58)53-44(59)40-28-20-26(38(40)42(57)48-16-10-18-55(3)4)22-36(28)63-46(61)34-24-50-30-12-6-8-14-32(30)52-34;/h5-8,11-14,23-28,35-40H,9-10,15-22H2,1-4H3,(H,47,56)(H,48,57)(H,53,58,59);1H. The van der Waals surface area contributed by atoms with Gasteiger partial charge in [0.15, 0.2) is 11.4 Å². The summed E-state index contributed by atoms with van der Waals surface area (Å²) in [6, 6.07) is 14.3. The molecule has 18 heteroatoms. The van der Waals surface area contributed by atoms with Crippen LogP contribution in [0.3, 0.4) is 0 Å². The van der Waals surface area contributed by atoms with E-state index in [1.54, 1.807) is 36.4 Å². The van der Waals surface area contributed by atoms with Crippen molar-refractivity contribution in [2.75, 3.05) is 54.4 Å². The zero-order valence-corrected chi connectivity index (χ0v) is 37.3. The highest BCUT2D eigenvalue weighted by Gasteiger charge is 2.62. The van der Waals surface area contributed by atoms with E-state index in [0.29, 0.717) is 73.7 Å². The van der Waals surface area contributed by atoms with Gasteiger partial charge in [0.2, 0.25) is 23.6 Å². The molecule has 0 spiro atoms. The summed E-state index contributed by atoms with van der Waals surface area (Å²) >= 11 is 0. The second-order valence-corrected chi connectivity index (χ2v) is 18.0. The van der Waals surface area contributed by atoms with Crippen molar-refractivity contribution in [2.24, 2.45) is 47.3 Å². The number of amides is 4. The number of halogens is 1. The molecule has 2 aromatic heterocycles. The van der Waals surface area contributed by atoms with Gasteiger partial charge in [-0.15, -0.1) is 12.4 Å². The number of benzene rings is 2. The lowest BCUT2D eigenvalue weighted by molar-refractivity contribution is -0.147.